The normalized spacial score (nSPS) is 14.7. The summed E-state index contributed by atoms with van der Waals surface area (Å²) in [5.74, 6) is -1.72. The van der Waals surface area contributed by atoms with Crippen LogP contribution in [0.2, 0.25) is 0 Å². The maximum absolute atomic E-state index is 13.8. The van der Waals surface area contributed by atoms with Crippen molar-refractivity contribution in [2.75, 3.05) is 24.0 Å². The smallest absolute Gasteiger partial charge is 0.411 e. The minimum Gasteiger partial charge on any atom is -0.495 e. The van der Waals surface area contributed by atoms with Gasteiger partial charge in [-0.05, 0) is 60.9 Å². The van der Waals surface area contributed by atoms with Crippen molar-refractivity contribution >= 4 is 32.6 Å². The lowest BCUT2D eigenvalue weighted by molar-refractivity contribution is -0.151. The molecular weight excluding hydrogens is 557 g/mol. The second-order valence-corrected chi connectivity index (χ2v) is 11.4. The zero-order chi connectivity index (χ0) is 28.9. The van der Waals surface area contributed by atoms with E-state index in [2.05, 4.69) is 25.6 Å². The molecule has 0 radical (unpaired) electrons. The lowest BCUT2D eigenvalue weighted by atomic mass is 10.1. The number of alkyl halides is 3. The Balaban J connectivity index is 1.58. The first-order chi connectivity index (χ1) is 18.8. The molecule has 0 saturated heterocycles. The van der Waals surface area contributed by atoms with Gasteiger partial charge in [-0.15, -0.1) is 0 Å². The van der Waals surface area contributed by atoms with Crippen molar-refractivity contribution in [3.63, 3.8) is 0 Å². The van der Waals surface area contributed by atoms with E-state index in [1.54, 1.807) is 6.07 Å². The molecule has 2 aromatic carbocycles. The highest BCUT2D eigenvalue weighted by Gasteiger charge is 2.64. The zero-order valence-electron chi connectivity index (χ0n) is 21.1. The van der Waals surface area contributed by atoms with Gasteiger partial charge in [0.25, 0.3) is 0 Å². The largest absolute Gasteiger partial charge is 0.495 e. The van der Waals surface area contributed by atoms with Gasteiger partial charge in [-0.25, -0.2) is 27.2 Å². The van der Waals surface area contributed by atoms with Crippen LogP contribution in [0.15, 0.2) is 53.4 Å². The van der Waals surface area contributed by atoms with Gasteiger partial charge in [-0.2, -0.15) is 18.2 Å². The van der Waals surface area contributed by atoms with E-state index in [9.17, 15) is 30.4 Å². The van der Waals surface area contributed by atoms with E-state index in [0.29, 0.717) is 5.56 Å². The lowest BCUT2D eigenvalue weighted by Crippen LogP contribution is -2.39. The van der Waals surface area contributed by atoms with E-state index >= 15 is 0 Å². The quantitative estimate of drug-likeness (QED) is 0.264. The highest BCUT2D eigenvalue weighted by Crippen LogP contribution is 2.51. The minimum absolute atomic E-state index is 0.0205. The summed E-state index contributed by atoms with van der Waals surface area (Å²) in [4.78, 5) is 12.9. The SMILES string of the molecule is COc1ccc(-c2ccc3nc(NCc4cc(F)cc(F)c4)nc(NC4(C(F)(F)F)CC4)c3n2)cc1S(C)(=O)=O. The molecular formula is C26H22F5N5O3S. The number of halogens is 5. The number of nitrogens with zero attached hydrogens (tertiary/aromatic N) is 3. The Morgan fingerprint density at radius 3 is 2.27 bits per heavy atom. The number of rotatable bonds is 8. The fraction of sp³-hybridized carbons (Fsp3) is 0.269. The van der Waals surface area contributed by atoms with Crippen molar-refractivity contribution in [1.29, 1.82) is 0 Å². The molecule has 2 N–H and O–H groups in total. The molecule has 2 heterocycles. The molecule has 1 aliphatic rings. The van der Waals surface area contributed by atoms with Crippen LogP contribution in [-0.4, -0.2) is 48.5 Å². The van der Waals surface area contributed by atoms with E-state index in [1.165, 1.54) is 31.4 Å². The monoisotopic (exact) mass is 579 g/mol. The Kier molecular flexibility index (Phi) is 6.76. The number of methoxy groups -OCH3 is 1. The summed E-state index contributed by atoms with van der Waals surface area (Å²) >= 11 is 0. The number of hydrogen-bond donors (Lipinski definition) is 2. The van der Waals surface area contributed by atoms with Gasteiger partial charge in [0.15, 0.2) is 15.7 Å². The Bertz CT molecular complexity index is 1710. The Morgan fingerprint density at radius 2 is 1.68 bits per heavy atom. The van der Waals surface area contributed by atoms with Gasteiger partial charge in [0, 0.05) is 24.4 Å². The van der Waals surface area contributed by atoms with Crippen LogP contribution < -0.4 is 15.4 Å². The van der Waals surface area contributed by atoms with Crippen LogP contribution in [0.4, 0.5) is 33.7 Å². The standard InChI is InChI=1S/C26H22F5N5O3S/c1-39-20-6-3-15(11-21(20)40(2,37)38)18-4-5-19-22(33-18)23(36-25(7-8-25)26(29,30)31)35-24(34-19)32-13-14-9-16(27)12-17(28)10-14/h3-6,9-12H,7-8,13H2,1-2H3,(H2,32,34,35,36). The van der Waals surface area contributed by atoms with Gasteiger partial charge in [-0.3, -0.25) is 0 Å². The van der Waals surface area contributed by atoms with Gasteiger partial charge < -0.3 is 15.4 Å². The van der Waals surface area contributed by atoms with E-state index < -0.39 is 33.2 Å². The predicted octanol–water partition coefficient (Wildman–Crippen LogP) is 5.50. The highest BCUT2D eigenvalue weighted by atomic mass is 32.2. The third-order valence-corrected chi connectivity index (χ3v) is 7.54. The van der Waals surface area contributed by atoms with Crippen molar-refractivity contribution in [2.24, 2.45) is 0 Å². The number of fused-ring (bicyclic) bond motifs is 1. The molecule has 14 heteroatoms. The van der Waals surface area contributed by atoms with Gasteiger partial charge >= 0.3 is 6.18 Å². The number of aromatic nitrogens is 3. The number of benzene rings is 2. The van der Waals surface area contributed by atoms with Crippen LogP contribution in [-0.2, 0) is 16.4 Å². The van der Waals surface area contributed by atoms with Crippen molar-refractivity contribution in [1.82, 2.24) is 15.0 Å². The molecule has 0 bridgehead atoms. The second-order valence-electron chi connectivity index (χ2n) is 9.43. The highest BCUT2D eigenvalue weighted by molar-refractivity contribution is 7.90. The summed E-state index contributed by atoms with van der Waals surface area (Å²) in [6.07, 6.45) is -3.86. The molecule has 2 aromatic heterocycles. The fourth-order valence-corrected chi connectivity index (χ4v) is 5.05. The molecule has 0 unspecified atom stereocenters. The van der Waals surface area contributed by atoms with Crippen LogP contribution in [0.1, 0.15) is 18.4 Å². The molecule has 0 atom stereocenters. The van der Waals surface area contributed by atoms with Gasteiger partial charge in [0.2, 0.25) is 5.95 Å². The molecule has 0 spiro atoms. The number of ether oxygens (including phenoxy) is 1. The predicted molar refractivity (Wildman–Crippen MR) is 138 cm³/mol. The van der Waals surface area contributed by atoms with Crippen LogP contribution in [0.25, 0.3) is 22.3 Å². The summed E-state index contributed by atoms with van der Waals surface area (Å²) in [6, 6.07) is 10.4. The molecule has 0 amide bonds. The van der Waals surface area contributed by atoms with Crippen molar-refractivity contribution in [3.8, 4) is 17.0 Å². The first kappa shape index (κ1) is 27.5. The molecule has 210 valence electrons. The van der Waals surface area contributed by atoms with E-state index in [-0.39, 0.29) is 64.1 Å². The van der Waals surface area contributed by atoms with E-state index in [1.807, 2.05) is 0 Å². The van der Waals surface area contributed by atoms with Crippen LogP contribution >= 0.6 is 0 Å². The first-order valence-corrected chi connectivity index (χ1v) is 13.8. The summed E-state index contributed by atoms with van der Waals surface area (Å²) in [7, 11) is -2.34. The summed E-state index contributed by atoms with van der Waals surface area (Å²) < 4.78 is 98.3. The van der Waals surface area contributed by atoms with Gasteiger partial charge in [0.05, 0.1) is 18.3 Å². The molecule has 4 aromatic rings. The van der Waals surface area contributed by atoms with Crippen LogP contribution in [0.3, 0.4) is 0 Å². The number of nitrogens with one attached hydrogen (secondary N) is 2. The minimum atomic E-state index is -4.56. The van der Waals surface area contributed by atoms with Crippen molar-refractivity contribution in [3.05, 3.63) is 65.7 Å². The van der Waals surface area contributed by atoms with Crippen LogP contribution in [0, 0.1) is 11.6 Å². The Labute approximate surface area is 225 Å². The number of hydrogen-bond acceptors (Lipinski definition) is 8. The molecule has 40 heavy (non-hydrogen) atoms. The zero-order valence-corrected chi connectivity index (χ0v) is 21.9. The molecule has 1 aliphatic carbocycles. The Morgan fingerprint density at radius 1 is 0.975 bits per heavy atom. The summed E-state index contributed by atoms with van der Waals surface area (Å²) in [5.41, 5.74) is -1.10. The maximum Gasteiger partial charge on any atom is 0.411 e. The van der Waals surface area contributed by atoms with Gasteiger partial charge in [-0.1, -0.05) is 0 Å². The number of anilines is 2. The molecule has 5 rings (SSSR count). The average Bonchev–Trinajstić information content (AvgIpc) is 3.67. The summed E-state index contributed by atoms with van der Waals surface area (Å²) in [5, 5.41) is 5.28. The lowest BCUT2D eigenvalue weighted by Gasteiger charge is -2.22. The molecule has 1 saturated carbocycles. The fourth-order valence-electron chi connectivity index (χ4n) is 4.19. The van der Waals surface area contributed by atoms with Gasteiger partial charge in [0.1, 0.15) is 33.3 Å². The first-order valence-electron chi connectivity index (χ1n) is 11.9. The molecule has 8 nitrogen and oxygen atoms in total. The number of sulfone groups is 1. The second kappa shape index (κ2) is 9.84. The topological polar surface area (TPSA) is 106 Å². The summed E-state index contributed by atoms with van der Waals surface area (Å²) in [6.45, 7) is -0.102. The molecule has 0 aliphatic heterocycles. The third kappa shape index (κ3) is 5.48. The number of pyridine rings is 1. The van der Waals surface area contributed by atoms with Crippen LogP contribution in [0.5, 0.6) is 5.75 Å². The van der Waals surface area contributed by atoms with E-state index in [0.717, 1.165) is 24.5 Å². The average molecular weight is 580 g/mol. The van der Waals surface area contributed by atoms with Crippen molar-refractivity contribution < 1.29 is 35.1 Å². The maximum atomic E-state index is 13.8. The molecule has 1 fully saturated rings. The Hall–Kier alpha value is -4.07. The van der Waals surface area contributed by atoms with E-state index in [4.69, 9.17) is 4.74 Å². The third-order valence-electron chi connectivity index (χ3n) is 6.42. The van der Waals surface area contributed by atoms with Crippen molar-refractivity contribution in [2.45, 2.75) is 36.0 Å².